The Hall–Kier alpha value is -2.24. The minimum absolute atomic E-state index is 0.149. The first kappa shape index (κ1) is 17.6. The highest BCUT2D eigenvalue weighted by atomic mass is 16.2. The third kappa shape index (κ3) is 4.65. The van der Waals surface area contributed by atoms with Gasteiger partial charge in [-0.3, -0.25) is 4.79 Å². The predicted molar refractivity (Wildman–Crippen MR) is 102 cm³/mol. The van der Waals surface area contributed by atoms with Crippen molar-refractivity contribution < 1.29 is 4.79 Å². The molecular weight excluding hydrogens is 314 g/mol. The van der Waals surface area contributed by atoms with Crippen LogP contribution < -0.4 is 10.2 Å². The van der Waals surface area contributed by atoms with Gasteiger partial charge < -0.3 is 20.0 Å². The number of nitrogens with zero attached hydrogens (tertiary/aromatic N) is 4. The van der Waals surface area contributed by atoms with Crippen molar-refractivity contribution in [3.05, 3.63) is 30.3 Å². The van der Waals surface area contributed by atoms with Crippen LogP contribution in [0.2, 0.25) is 0 Å². The number of benzene rings is 1. The summed E-state index contributed by atoms with van der Waals surface area (Å²) in [6.07, 6.45) is 2.24. The van der Waals surface area contributed by atoms with Crippen molar-refractivity contribution in [2.75, 3.05) is 57.3 Å². The molecule has 2 aliphatic rings. The Labute approximate surface area is 150 Å². The van der Waals surface area contributed by atoms with E-state index in [1.807, 2.05) is 11.0 Å². The van der Waals surface area contributed by atoms with Gasteiger partial charge in [0.25, 0.3) is 0 Å². The van der Waals surface area contributed by atoms with Crippen LogP contribution in [0.15, 0.2) is 35.3 Å². The van der Waals surface area contributed by atoms with Crippen LogP contribution >= 0.6 is 0 Å². The second-order valence-corrected chi connectivity index (χ2v) is 6.57. The van der Waals surface area contributed by atoms with Crippen molar-refractivity contribution in [2.45, 2.75) is 19.8 Å². The minimum Gasteiger partial charge on any atom is -0.368 e. The Balaban J connectivity index is 1.56. The number of piperazine rings is 1. The molecule has 1 N–H and O–H groups in total. The van der Waals surface area contributed by atoms with E-state index >= 15 is 0 Å². The van der Waals surface area contributed by atoms with E-state index in [0.717, 1.165) is 64.6 Å². The average molecular weight is 343 g/mol. The van der Waals surface area contributed by atoms with Crippen LogP contribution in [-0.4, -0.2) is 74.0 Å². The van der Waals surface area contributed by atoms with E-state index in [-0.39, 0.29) is 12.5 Å². The zero-order valence-electron chi connectivity index (χ0n) is 15.2. The molecule has 1 aromatic carbocycles. The smallest absolute Gasteiger partial charge is 0.244 e. The molecule has 2 fully saturated rings. The number of likely N-dealkylation sites (tertiary alicyclic amines) is 1. The maximum absolute atomic E-state index is 12.2. The van der Waals surface area contributed by atoms with E-state index in [1.165, 1.54) is 5.69 Å². The molecule has 6 nitrogen and oxygen atoms in total. The largest absolute Gasteiger partial charge is 0.368 e. The van der Waals surface area contributed by atoms with E-state index in [9.17, 15) is 4.79 Å². The molecule has 25 heavy (non-hydrogen) atoms. The summed E-state index contributed by atoms with van der Waals surface area (Å²) in [5.74, 6) is 1.01. The molecule has 0 saturated carbocycles. The summed E-state index contributed by atoms with van der Waals surface area (Å²) in [6, 6.07) is 10.5. The van der Waals surface area contributed by atoms with Crippen molar-refractivity contribution >= 4 is 17.6 Å². The molecule has 0 radical (unpaired) electrons. The molecule has 136 valence electrons. The Morgan fingerprint density at radius 1 is 1.00 bits per heavy atom. The van der Waals surface area contributed by atoms with Crippen molar-refractivity contribution in [1.29, 1.82) is 0 Å². The monoisotopic (exact) mass is 343 g/mol. The number of hydrogen-bond acceptors (Lipinski definition) is 3. The molecule has 3 rings (SSSR count). The third-order valence-electron chi connectivity index (χ3n) is 4.86. The molecule has 2 heterocycles. The fourth-order valence-corrected chi connectivity index (χ4v) is 3.45. The number of amides is 1. The standard InChI is InChI=1S/C19H29N5O/c1-2-20-19(21-16-18(25)23-10-6-7-11-23)24-14-12-22(13-15-24)17-8-4-3-5-9-17/h3-5,8-9H,2,6-7,10-16H2,1H3,(H,20,21). The molecular formula is C19H29N5O. The second-order valence-electron chi connectivity index (χ2n) is 6.57. The van der Waals surface area contributed by atoms with Gasteiger partial charge in [-0.25, -0.2) is 4.99 Å². The summed E-state index contributed by atoms with van der Waals surface area (Å²) in [6.45, 7) is 8.68. The Bertz CT molecular complexity index is 575. The SMILES string of the molecule is CCNC(=NCC(=O)N1CCCC1)N1CCN(c2ccccc2)CC1. The summed E-state index contributed by atoms with van der Waals surface area (Å²) in [4.78, 5) is 23.4. The van der Waals surface area contributed by atoms with Crippen LogP contribution in [0.5, 0.6) is 0 Å². The molecule has 0 spiro atoms. The van der Waals surface area contributed by atoms with Gasteiger partial charge in [-0.1, -0.05) is 18.2 Å². The number of hydrogen-bond donors (Lipinski definition) is 1. The zero-order chi connectivity index (χ0) is 17.5. The number of aliphatic imine (C=N–C) groups is 1. The maximum Gasteiger partial charge on any atom is 0.244 e. The van der Waals surface area contributed by atoms with Crippen molar-refractivity contribution in [3.8, 4) is 0 Å². The molecule has 2 aliphatic heterocycles. The van der Waals surface area contributed by atoms with Crippen LogP contribution in [0.3, 0.4) is 0 Å². The van der Waals surface area contributed by atoms with Crippen molar-refractivity contribution in [1.82, 2.24) is 15.1 Å². The number of para-hydroxylation sites is 1. The Kier molecular flexibility index (Phi) is 6.14. The van der Waals surface area contributed by atoms with Gasteiger partial charge in [0.15, 0.2) is 5.96 Å². The van der Waals surface area contributed by atoms with Gasteiger partial charge in [0.1, 0.15) is 6.54 Å². The van der Waals surface area contributed by atoms with Gasteiger partial charge >= 0.3 is 0 Å². The van der Waals surface area contributed by atoms with Crippen molar-refractivity contribution in [3.63, 3.8) is 0 Å². The lowest BCUT2D eigenvalue weighted by Gasteiger charge is -2.37. The van der Waals surface area contributed by atoms with Crippen LogP contribution in [0.1, 0.15) is 19.8 Å². The van der Waals surface area contributed by atoms with E-state index in [0.29, 0.717) is 0 Å². The van der Waals surface area contributed by atoms with E-state index < -0.39 is 0 Å². The van der Waals surface area contributed by atoms with Gasteiger partial charge in [0, 0.05) is 51.5 Å². The second kappa shape index (κ2) is 8.74. The van der Waals surface area contributed by atoms with Gasteiger partial charge in [0.2, 0.25) is 5.91 Å². The quantitative estimate of drug-likeness (QED) is 0.663. The number of rotatable bonds is 4. The summed E-state index contributed by atoms with van der Waals surface area (Å²) < 4.78 is 0. The first-order chi connectivity index (χ1) is 12.3. The Morgan fingerprint density at radius 2 is 1.68 bits per heavy atom. The lowest BCUT2D eigenvalue weighted by molar-refractivity contribution is -0.128. The molecule has 6 heteroatoms. The minimum atomic E-state index is 0.149. The highest BCUT2D eigenvalue weighted by molar-refractivity contribution is 5.85. The summed E-state index contributed by atoms with van der Waals surface area (Å²) in [7, 11) is 0. The maximum atomic E-state index is 12.2. The Morgan fingerprint density at radius 3 is 2.32 bits per heavy atom. The molecule has 1 aromatic rings. The highest BCUT2D eigenvalue weighted by Crippen LogP contribution is 2.15. The average Bonchev–Trinajstić information content (AvgIpc) is 3.21. The molecule has 0 aromatic heterocycles. The number of anilines is 1. The summed E-state index contributed by atoms with van der Waals surface area (Å²) in [5.41, 5.74) is 1.27. The number of carbonyl (C=O) groups is 1. The highest BCUT2D eigenvalue weighted by Gasteiger charge is 2.21. The van der Waals surface area contributed by atoms with Gasteiger partial charge in [-0.05, 0) is 31.9 Å². The summed E-state index contributed by atoms with van der Waals surface area (Å²) >= 11 is 0. The van der Waals surface area contributed by atoms with E-state index in [2.05, 4.69) is 51.3 Å². The van der Waals surface area contributed by atoms with Gasteiger partial charge in [-0.15, -0.1) is 0 Å². The molecule has 1 amide bonds. The molecule has 0 bridgehead atoms. The fraction of sp³-hybridized carbons (Fsp3) is 0.579. The number of guanidine groups is 1. The number of carbonyl (C=O) groups excluding carboxylic acids is 1. The third-order valence-corrected chi connectivity index (χ3v) is 4.86. The lowest BCUT2D eigenvalue weighted by Crippen LogP contribution is -2.52. The van der Waals surface area contributed by atoms with Crippen LogP contribution in [0.4, 0.5) is 5.69 Å². The van der Waals surface area contributed by atoms with Crippen LogP contribution in [0.25, 0.3) is 0 Å². The molecule has 2 saturated heterocycles. The van der Waals surface area contributed by atoms with Gasteiger partial charge in [0.05, 0.1) is 0 Å². The molecule has 0 aliphatic carbocycles. The first-order valence-corrected chi connectivity index (χ1v) is 9.39. The van der Waals surface area contributed by atoms with Crippen molar-refractivity contribution in [2.24, 2.45) is 4.99 Å². The lowest BCUT2D eigenvalue weighted by atomic mass is 10.2. The normalized spacial score (nSPS) is 18.6. The molecule has 0 unspecified atom stereocenters. The fourth-order valence-electron chi connectivity index (χ4n) is 3.45. The van der Waals surface area contributed by atoms with Crippen LogP contribution in [-0.2, 0) is 4.79 Å². The van der Waals surface area contributed by atoms with E-state index in [1.54, 1.807) is 0 Å². The topological polar surface area (TPSA) is 51.2 Å². The zero-order valence-corrected chi connectivity index (χ0v) is 15.2. The number of nitrogens with one attached hydrogen (secondary N) is 1. The van der Waals surface area contributed by atoms with E-state index in [4.69, 9.17) is 0 Å². The first-order valence-electron chi connectivity index (χ1n) is 9.39. The summed E-state index contributed by atoms with van der Waals surface area (Å²) in [5, 5.41) is 3.34. The molecule has 0 atom stereocenters. The van der Waals surface area contributed by atoms with Crippen LogP contribution in [0, 0.1) is 0 Å². The van der Waals surface area contributed by atoms with Gasteiger partial charge in [-0.2, -0.15) is 0 Å². The predicted octanol–water partition coefficient (Wildman–Crippen LogP) is 1.40.